The van der Waals surface area contributed by atoms with E-state index >= 15 is 0 Å². The summed E-state index contributed by atoms with van der Waals surface area (Å²) in [6, 6.07) is 9.26. The molecule has 2 N–H and O–H groups in total. The Morgan fingerprint density at radius 2 is 1.97 bits per heavy atom. The molecule has 1 fully saturated rings. The van der Waals surface area contributed by atoms with E-state index in [9.17, 15) is 14.7 Å². The standard InChI is InChI=1S/C25H31ClN2O4/c1-3-17-9-12-25(13-10-17,24(30)31)28-23(29)19-15-22(21(4-2)27-16-19)32-14-11-18-7-5-6-8-20(18)26/h5-8,15-17H,3-4,9-14H2,1-2H3,(H,28,29)(H,30,31). The van der Waals surface area contributed by atoms with Crippen molar-refractivity contribution in [3.8, 4) is 5.75 Å². The molecule has 3 rings (SSSR count). The van der Waals surface area contributed by atoms with Crippen molar-refractivity contribution in [2.45, 2.75) is 64.3 Å². The van der Waals surface area contributed by atoms with Crippen LogP contribution in [-0.2, 0) is 17.6 Å². The SMILES string of the molecule is CCc1ncc(C(=O)NC2(C(=O)O)CCC(CC)CC2)cc1OCCc1ccccc1Cl. The molecule has 1 heterocycles. The molecule has 1 aromatic heterocycles. The minimum absolute atomic E-state index is 0.299. The van der Waals surface area contributed by atoms with Gasteiger partial charge >= 0.3 is 5.97 Å². The lowest BCUT2D eigenvalue weighted by Gasteiger charge is -2.37. The second-order valence-electron chi connectivity index (χ2n) is 8.41. The van der Waals surface area contributed by atoms with Gasteiger partial charge in [-0.15, -0.1) is 0 Å². The molecular formula is C25H31ClN2O4. The van der Waals surface area contributed by atoms with Crippen LogP contribution in [0.15, 0.2) is 36.5 Å². The van der Waals surface area contributed by atoms with Crippen molar-refractivity contribution in [3.05, 3.63) is 58.4 Å². The Balaban J connectivity index is 1.71. The summed E-state index contributed by atoms with van der Waals surface area (Å²) >= 11 is 6.21. The molecule has 1 amide bonds. The van der Waals surface area contributed by atoms with Crippen molar-refractivity contribution in [1.29, 1.82) is 0 Å². The van der Waals surface area contributed by atoms with Gasteiger partial charge in [-0.1, -0.05) is 50.1 Å². The van der Waals surface area contributed by atoms with Crippen molar-refractivity contribution in [2.24, 2.45) is 5.92 Å². The van der Waals surface area contributed by atoms with Crippen LogP contribution in [0.4, 0.5) is 0 Å². The van der Waals surface area contributed by atoms with E-state index in [1.54, 1.807) is 6.07 Å². The van der Waals surface area contributed by atoms with Crippen LogP contribution in [0.5, 0.6) is 5.75 Å². The largest absolute Gasteiger partial charge is 0.491 e. The first-order valence-corrected chi connectivity index (χ1v) is 11.7. The van der Waals surface area contributed by atoms with Crippen LogP contribution in [0.25, 0.3) is 0 Å². The molecule has 2 aromatic rings. The van der Waals surface area contributed by atoms with Gasteiger partial charge in [-0.05, 0) is 55.7 Å². The van der Waals surface area contributed by atoms with Crippen LogP contribution < -0.4 is 10.1 Å². The summed E-state index contributed by atoms with van der Waals surface area (Å²) in [7, 11) is 0. The molecule has 172 valence electrons. The van der Waals surface area contributed by atoms with Crippen LogP contribution in [-0.4, -0.2) is 34.1 Å². The van der Waals surface area contributed by atoms with Crippen LogP contribution >= 0.6 is 11.6 Å². The van der Waals surface area contributed by atoms with E-state index in [-0.39, 0.29) is 0 Å². The maximum Gasteiger partial charge on any atom is 0.329 e. The number of aryl methyl sites for hydroxylation is 1. The number of nitrogens with one attached hydrogen (secondary N) is 1. The monoisotopic (exact) mass is 458 g/mol. The minimum Gasteiger partial charge on any atom is -0.491 e. The number of carboxylic acids is 1. The molecule has 0 aliphatic heterocycles. The van der Waals surface area contributed by atoms with E-state index in [1.807, 2.05) is 31.2 Å². The highest BCUT2D eigenvalue weighted by molar-refractivity contribution is 6.31. The Labute approximate surface area is 194 Å². The zero-order valence-electron chi connectivity index (χ0n) is 18.7. The molecule has 1 aliphatic rings. The number of benzene rings is 1. The zero-order valence-corrected chi connectivity index (χ0v) is 19.5. The maximum absolute atomic E-state index is 13.0. The van der Waals surface area contributed by atoms with Crippen molar-refractivity contribution in [1.82, 2.24) is 10.3 Å². The molecule has 0 unspecified atom stereocenters. The number of carbonyl (C=O) groups is 2. The lowest BCUT2D eigenvalue weighted by atomic mass is 9.75. The van der Waals surface area contributed by atoms with Gasteiger partial charge in [0.2, 0.25) is 0 Å². The highest BCUT2D eigenvalue weighted by atomic mass is 35.5. The number of nitrogens with zero attached hydrogens (tertiary/aromatic N) is 1. The number of halogens is 1. The van der Waals surface area contributed by atoms with Crippen molar-refractivity contribution in [2.75, 3.05) is 6.61 Å². The third kappa shape index (κ3) is 5.60. The molecular weight excluding hydrogens is 428 g/mol. The topological polar surface area (TPSA) is 88.5 Å². The van der Waals surface area contributed by atoms with Gasteiger partial charge in [-0.25, -0.2) is 4.79 Å². The highest BCUT2D eigenvalue weighted by Crippen LogP contribution is 2.34. The number of carbonyl (C=O) groups excluding carboxylic acids is 1. The van der Waals surface area contributed by atoms with Gasteiger partial charge in [0, 0.05) is 17.6 Å². The number of carboxylic acid groups (broad SMARTS) is 1. The first-order chi connectivity index (χ1) is 15.4. The van der Waals surface area contributed by atoms with Crippen molar-refractivity contribution >= 4 is 23.5 Å². The highest BCUT2D eigenvalue weighted by Gasteiger charge is 2.43. The zero-order chi connectivity index (χ0) is 23.1. The van der Waals surface area contributed by atoms with E-state index in [1.165, 1.54) is 6.20 Å². The number of amides is 1. The molecule has 0 atom stereocenters. The molecule has 32 heavy (non-hydrogen) atoms. The number of aliphatic carboxylic acids is 1. The number of hydrogen-bond acceptors (Lipinski definition) is 4. The third-order valence-electron chi connectivity index (χ3n) is 6.41. The van der Waals surface area contributed by atoms with Gasteiger partial charge in [0.15, 0.2) is 0 Å². The van der Waals surface area contributed by atoms with Crippen LogP contribution in [0.3, 0.4) is 0 Å². The fourth-order valence-electron chi connectivity index (χ4n) is 4.22. The third-order valence-corrected chi connectivity index (χ3v) is 6.78. The predicted octanol–water partition coefficient (Wildman–Crippen LogP) is 5.07. The van der Waals surface area contributed by atoms with Crippen molar-refractivity contribution in [3.63, 3.8) is 0 Å². The summed E-state index contributed by atoms with van der Waals surface area (Å²) in [6.07, 6.45) is 6.27. The van der Waals surface area contributed by atoms with Gasteiger partial charge < -0.3 is 15.2 Å². The second-order valence-corrected chi connectivity index (χ2v) is 8.81. The van der Waals surface area contributed by atoms with E-state index in [0.29, 0.717) is 54.5 Å². The number of pyridine rings is 1. The van der Waals surface area contributed by atoms with E-state index in [4.69, 9.17) is 16.3 Å². The molecule has 1 aliphatic carbocycles. The van der Waals surface area contributed by atoms with Crippen LogP contribution in [0.2, 0.25) is 5.02 Å². The molecule has 1 aromatic carbocycles. The summed E-state index contributed by atoms with van der Waals surface area (Å²) in [5.74, 6) is -0.363. The fourth-order valence-corrected chi connectivity index (χ4v) is 4.45. The first-order valence-electron chi connectivity index (χ1n) is 11.3. The number of aromatic nitrogens is 1. The summed E-state index contributed by atoms with van der Waals surface area (Å²) in [6.45, 7) is 4.47. The van der Waals surface area contributed by atoms with Gasteiger partial charge in [0.25, 0.3) is 5.91 Å². The number of ether oxygens (including phenoxy) is 1. The van der Waals surface area contributed by atoms with Gasteiger partial charge in [0.1, 0.15) is 11.3 Å². The minimum atomic E-state index is -1.22. The van der Waals surface area contributed by atoms with Gasteiger partial charge in [0.05, 0.1) is 17.9 Å². The Bertz CT molecular complexity index is 955. The van der Waals surface area contributed by atoms with E-state index in [2.05, 4.69) is 17.2 Å². The number of hydrogen-bond donors (Lipinski definition) is 2. The van der Waals surface area contributed by atoms with Crippen molar-refractivity contribution < 1.29 is 19.4 Å². The first kappa shape index (κ1) is 24.1. The molecule has 0 radical (unpaired) electrons. The molecule has 0 saturated heterocycles. The summed E-state index contributed by atoms with van der Waals surface area (Å²) in [5.41, 5.74) is 0.808. The number of rotatable bonds is 9. The lowest BCUT2D eigenvalue weighted by molar-refractivity contribution is -0.146. The van der Waals surface area contributed by atoms with Gasteiger partial charge in [-0.2, -0.15) is 0 Å². The van der Waals surface area contributed by atoms with E-state index < -0.39 is 17.4 Å². The Kier molecular flexibility index (Phi) is 8.13. The smallest absolute Gasteiger partial charge is 0.329 e. The fraction of sp³-hybridized carbons (Fsp3) is 0.480. The summed E-state index contributed by atoms with van der Waals surface area (Å²) in [5, 5.41) is 13.3. The molecule has 0 spiro atoms. The Morgan fingerprint density at radius 1 is 1.25 bits per heavy atom. The van der Waals surface area contributed by atoms with Crippen LogP contribution in [0.1, 0.15) is 67.6 Å². The molecule has 6 nitrogen and oxygen atoms in total. The Morgan fingerprint density at radius 3 is 2.59 bits per heavy atom. The molecule has 1 saturated carbocycles. The quantitative estimate of drug-likeness (QED) is 0.547. The summed E-state index contributed by atoms with van der Waals surface area (Å²) in [4.78, 5) is 29.4. The predicted molar refractivity (Wildman–Crippen MR) is 124 cm³/mol. The van der Waals surface area contributed by atoms with Crippen LogP contribution in [0, 0.1) is 5.92 Å². The average molecular weight is 459 g/mol. The maximum atomic E-state index is 13.0. The molecule has 0 bridgehead atoms. The Hall–Kier alpha value is -2.60. The van der Waals surface area contributed by atoms with Gasteiger partial charge in [-0.3, -0.25) is 9.78 Å². The molecule has 7 heteroatoms. The normalized spacial score (nSPS) is 20.5. The summed E-state index contributed by atoms with van der Waals surface area (Å²) < 4.78 is 5.95. The second kappa shape index (κ2) is 10.8. The average Bonchev–Trinajstić information content (AvgIpc) is 2.80. The van der Waals surface area contributed by atoms with E-state index in [0.717, 1.165) is 30.5 Å². The lowest BCUT2D eigenvalue weighted by Crippen LogP contribution is -2.56.